The Balaban J connectivity index is 1.96. The Morgan fingerprint density at radius 3 is 2.43 bits per heavy atom. The van der Waals surface area contributed by atoms with E-state index in [1.807, 2.05) is 0 Å². The molecule has 2 heterocycles. The normalized spacial score (nSPS) is 15.3. The first-order chi connectivity index (χ1) is 14.3. The number of thiophene rings is 1. The minimum Gasteiger partial charge on any atom is -0.396 e. The minimum atomic E-state index is -0.429. The number of amides is 1. The fraction of sp³-hybridized carbons (Fsp3) is 0.286. The lowest BCUT2D eigenvalue weighted by Gasteiger charge is -2.15. The summed E-state index contributed by atoms with van der Waals surface area (Å²) >= 11 is 19.7. The lowest BCUT2D eigenvalue weighted by atomic mass is 10.0. The van der Waals surface area contributed by atoms with Crippen LogP contribution in [0.25, 0.3) is 0 Å². The van der Waals surface area contributed by atoms with E-state index in [0.29, 0.717) is 44.4 Å². The average molecular weight is 485 g/mol. The maximum Gasteiger partial charge on any atom is 0.230 e. The van der Waals surface area contributed by atoms with Gasteiger partial charge in [0, 0.05) is 23.7 Å². The Morgan fingerprint density at radius 2 is 1.83 bits per heavy atom. The van der Waals surface area contributed by atoms with Gasteiger partial charge in [-0.15, -0.1) is 11.3 Å². The quantitative estimate of drug-likeness (QED) is 0.327. The molecule has 1 fully saturated rings. The first-order valence-electron chi connectivity index (χ1n) is 9.33. The molecule has 0 atom stereocenters. The van der Waals surface area contributed by atoms with Gasteiger partial charge in [-0.3, -0.25) is 9.59 Å². The van der Waals surface area contributed by atoms with E-state index in [1.165, 1.54) is 11.3 Å². The summed E-state index contributed by atoms with van der Waals surface area (Å²) in [6.07, 6.45) is 1.66. The van der Waals surface area contributed by atoms with Crippen molar-refractivity contribution in [1.82, 2.24) is 4.90 Å². The predicted octanol–water partition coefficient (Wildman–Crippen LogP) is 5.64. The van der Waals surface area contributed by atoms with E-state index in [-0.39, 0.29) is 18.0 Å². The molecule has 1 aliphatic rings. The van der Waals surface area contributed by atoms with E-state index >= 15 is 0 Å². The number of nitrogens with zero attached hydrogens (tertiary/aromatic N) is 2. The van der Waals surface area contributed by atoms with Gasteiger partial charge < -0.3 is 10.6 Å². The number of allylic oxidation sites excluding steroid dienone is 2. The molecule has 158 valence electrons. The number of halogens is 3. The molecule has 2 aromatic rings. The van der Waals surface area contributed by atoms with Crippen molar-refractivity contribution in [2.24, 2.45) is 10.7 Å². The summed E-state index contributed by atoms with van der Waals surface area (Å²) in [6, 6.07) is 8.48. The first kappa shape index (κ1) is 22.8. The molecule has 0 saturated carbocycles. The molecule has 1 saturated heterocycles. The number of ketones is 1. The van der Waals surface area contributed by atoms with Crippen LogP contribution < -0.4 is 5.73 Å². The largest absolute Gasteiger partial charge is 0.396 e. The van der Waals surface area contributed by atoms with Crippen molar-refractivity contribution < 1.29 is 9.59 Å². The summed E-state index contributed by atoms with van der Waals surface area (Å²) < 4.78 is 0.571. The predicted molar refractivity (Wildman–Crippen MR) is 124 cm³/mol. The fourth-order valence-corrected chi connectivity index (χ4v) is 4.65. The van der Waals surface area contributed by atoms with Crippen LogP contribution in [0.4, 0.5) is 5.69 Å². The Bertz CT molecular complexity index is 1040. The molecule has 0 aliphatic carbocycles. The molecule has 1 aliphatic heterocycles. The van der Waals surface area contributed by atoms with Crippen molar-refractivity contribution in [2.45, 2.75) is 26.2 Å². The molecular weight excluding hydrogens is 465 g/mol. The molecule has 0 bridgehead atoms. The van der Waals surface area contributed by atoms with Gasteiger partial charge in [0.15, 0.2) is 5.78 Å². The topological polar surface area (TPSA) is 75.8 Å². The smallest absolute Gasteiger partial charge is 0.230 e. The third-order valence-electron chi connectivity index (χ3n) is 4.78. The minimum absolute atomic E-state index is 0.00379. The maximum absolute atomic E-state index is 12.7. The van der Waals surface area contributed by atoms with E-state index in [9.17, 15) is 9.59 Å². The van der Waals surface area contributed by atoms with E-state index in [4.69, 9.17) is 40.5 Å². The monoisotopic (exact) mass is 483 g/mol. The van der Waals surface area contributed by atoms with Gasteiger partial charge in [-0.05, 0) is 50.1 Å². The maximum atomic E-state index is 12.7. The van der Waals surface area contributed by atoms with Crippen LogP contribution >= 0.6 is 46.1 Å². The highest BCUT2D eigenvalue weighted by atomic mass is 35.5. The number of carbonyl (C=O) groups is 2. The zero-order chi connectivity index (χ0) is 21.8. The fourth-order valence-electron chi connectivity index (χ4n) is 3.11. The number of benzene rings is 1. The second-order valence-corrected chi connectivity index (χ2v) is 9.45. The highest BCUT2D eigenvalue weighted by Crippen LogP contribution is 2.32. The van der Waals surface area contributed by atoms with Gasteiger partial charge in [0.05, 0.1) is 37.8 Å². The van der Waals surface area contributed by atoms with Crippen LogP contribution in [-0.4, -0.2) is 35.4 Å². The number of Topliss-reactive ketones (excluding diaryl/α,β-unsaturated/α-hetero) is 1. The zero-order valence-electron chi connectivity index (χ0n) is 16.3. The highest BCUT2D eigenvalue weighted by Gasteiger charge is 2.23. The molecule has 2 N–H and O–H groups in total. The second kappa shape index (κ2) is 9.96. The summed E-state index contributed by atoms with van der Waals surface area (Å²) in [4.78, 5) is 32.1. The van der Waals surface area contributed by atoms with Gasteiger partial charge >= 0.3 is 0 Å². The number of aliphatic imine (C=N–C) groups is 1. The third-order valence-corrected chi connectivity index (χ3v) is 6.55. The van der Waals surface area contributed by atoms with E-state index < -0.39 is 5.78 Å². The molecule has 5 nitrogen and oxygen atoms in total. The van der Waals surface area contributed by atoms with Crippen molar-refractivity contribution in [3.8, 4) is 0 Å². The SMILES string of the molecule is CC(C(=Nc1ccc(Cl)cc1Cl)c1ccc(Cl)s1)=C(N)C(=O)CC(=O)N1CCCC1. The molecule has 0 unspecified atom stereocenters. The van der Waals surface area contributed by atoms with Gasteiger partial charge in [-0.1, -0.05) is 34.8 Å². The molecule has 1 amide bonds. The van der Waals surface area contributed by atoms with E-state index in [2.05, 4.69) is 4.99 Å². The standard InChI is InChI=1S/C21H20Cl3N3O2S/c1-12(20(25)16(28)11-19(29)27-8-2-3-9-27)21(17-6-7-18(24)30-17)26-15-5-4-13(22)10-14(15)23/h4-7,10H,2-3,8-9,11,25H2,1H3. The van der Waals surface area contributed by atoms with Crippen LogP contribution in [0.2, 0.25) is 14.4 Å². The van der Waals surface area contributed by atoms with Crippen LogP contribution in [0, 0.1) is 0 Å². The third kappa shape index (κ3) is 5.43. The zero-order valence-corrected chi connectivity index (χ0v) is 19.3. The van der Waals surface area contributed by atoms with Gasteiger partial charge in [0.2, 0.25) is 5.91 Å². The molecule has 0 radical (unpaired) electrons. The molecule has 9 heteroatoms. The Labute approximate surface area is 194 Å². The van der Waals surface area contributed by atoms with Crippen LogP contribution in [-0.2, 0) is 9.59 Å². The van der Waals surface area contributed by atoms with Crippen molar-refractivity contribution >= 4 is 69.2 Å². The van der Waals surface area contributed by atoms with Gasteiger partial charge in [0.25, 0.3) is 0 Å². The number of carbonyl (C=O) groups excluding carboxylic acids is 2. The molecule has 1 aromatic carbocycles. The summed E-state index contributed by atoms with van der Waals surface area (Å²) in [7, 11) is 0. The lowest BCUT2D eigenvalue weighted by Crippen LogP contribution is -2.31. The Morgan fingerprint density at radius 1 is 1.13 bits per heavy atom. The summed E-state index contributed by atoms with van der Waals surface area (Å²) in [5.74, 6) is -0.631. The van der Waals surface area contributed by atoms with Crippen molar-refractivity contribution in [2.75, 3.05) is 13.1 Å². The number of hydrogen-bond acceptors (Lipinski definition) is 5. The lowest BCUT2D eigenvalue weighted by molar-refractivity contribution is -0.133. The van der Waals surface area contributed by atoms with Gasteiger partial charge in [-0.2, -0.15) is 0 Å². The first-order valence-corrected chi connectivity index (χ1v) is 11.3. The number of hydrogen-bond donors (Lipinski definition) is 1. The summed E-state index contributed by atoms with van der Waals surface area (Å²) in [5, 5.41) is 0.853. The number of likely N-dealkylation sites (tertiary alicyclic amines) is 1. The van der Waals surface area contributed by atoms with Crippen LogP contribution in [0.15, 0.2) is 46.6 Å². The van der Waals surface area contributed by atoms with Crippen LogP contribution in [0.5, 0.6) is 0 Å². The molecule has 3 rings (SSSR count). The van der Waals surface area contributed by atoms with Crippen molar-refractivity contribution in [3.05, 3.63) is 60.9 Å². The summed E-state index contributed by atoms with van der Waals surface area (Å²) in [5.41, 5.74) is 7.57. The average Bonchev–Trinajstić information content (AvgIpc) is 3.38. The summed E-state index contributed by atoms with van der Waals surface area (Å²) in [6.45, 7) is 3.07. The molecular formula is C21H20Cl3N3O2S. The van der Waals surface area contributed by atoms with Gasteiger partial charge in [0.1, 0.15) is 0 Å². The van der Waals surface area contributed by atoms with E-state index in [0.717, 1.165) is 17.7 Å². The van der Waals surface area contributed by atoms with Crippen molar-refractivity contribution in [1.29, 1.82) is 0 Å². The second-order valence-electron chi connectivity index (χ2n) is 6.89. The number of rotatable bonds is 6. The van der Waals surface area contributed by atoms with E-state index in [1.54, 1.807) is 42.2 Å². The molecule has 1 aromatic heterocycles. The van der Waals surface area contributed by atoms with Crippen LogP contribution in [0.1, 0.15) is 31.1 Å². The van der Waals surface area contributed by atoms with Crippen molar-refractivity contribution in [3.63, 3.8) is 0 Å². The number of nitrogens with two attached hydrogens (primary N) is 1. The Kier molecular flexibility index (Phi) is 7.58. The van der Waals surface area contributed by atoms with Gasteiger partial charge in [-0.25, -0.2) is 4.99 Å². The highest BCUT2D eigenvalue weighted by molar-refractivity contribution is 7.18. The Hall–Kier alpha value is -1.86. The molecule has 30 heavy (non-hydrogen) atoms. The molecule has 0 spiro atoms. The van der Waals surface area contributed by atoms with Crippen LogP contribution in [0.3, 0.4) is 0 Å².